The predicted octanol–water partition coefficient (Wildman–Crippen LogP) is 2.60. The Balaban J connectivity index is 2.06. The summed E-state index contributed by atoms with van der Waals surface area (Å²) in [7, 11) is -0.679. The fraction of sp³-hybridized carbons (Fsp3) is 0.600. The van der Waals surface area contributed by atoms with Crippen molar-refractivity contribution in [2.24, 2.45) is 14.1 Å². The minimum Gasteiger partial charge on any atom is -0.493 e. The number of aryl methyl sites for hydroxylation is 2. The lowest BCUT2D eigenvalue weighted by Gasteiger charge is -2.26. The molecule has 3 rings (SSSR count). The van der Waals surface area contributed by atoms with Gasteiger partial charge in [-0.1, -0.05) is 27.2 Å². The van der Waals surface area contributed by atoms with E-state index in [2.05, 4.69) is 10.00 Å². The molecule has 1 aromatic carbocycles. The van der Waals surface area contributed by atoms with Gasteiger partial charge in [0.15, 0.2) is 5.52 Å². The van der Waals surface area contributed by atoms with Gasteiger partial charge in [0.25, 0.3) is 5.56 Å². The zero-order valence-electron chi connectivity index (χ0n) is 27.0. The van der Waals surface area contributed by atoms with E-state index in [4.69, 9.17) is 19.2 Å². The Morgan fingerprint density at radius 3 is 2.36 bits per heavy atom. The number of ether oxygens (including phenoxy) is 3. The van der Waals surface area contributed by atoms with Crippen LogP contribution in [-0.4, -0.2) is 102 Å². The molecule has 0 radical (unpaired) electrons. The molecule has 44 heavy (non-hydrogen) atoms. The molecular formula is C30H46N6O7S. The number of likely N-dealkylation sites (N-methyl/N-ethyl adjacent to an activating group) is 1. The summed E-state index contributed by atoms with van der Waals surface area (Å²) >= 11 is 0. The van der Waals surface area contributed by atoms with Crippen LogP contribution in [0.5, 0.6) is 5.75 Å². The highest BCUT2D eigenvalue weighted by Gasteiger charge is 2.27. The summed E-state index contributed by atoms with van der Waals surface area (Å²) < 4.78 is 49.0. The monoisotopic (exact) mass is 634 g/mol. The first-order chi connectivity index (χ1) is 21.0. The van der Waals surface area contributed by atoms with Gasteiger partial charge in [-0.2, -0.15) is 9.40 Å². The molecular weight excluding hydrogens is 588 g/mol. The van der Waals surface area contributed by atoms with Gasteiger partial charge < -0.3 is 19.1 Å². The maximum atomic E-state index is 14.1. The normalized spacial score (nSPS) is 12.0. The Bertz CT molecular complexity index is 1580. The highest BCUT2D eigenvalue weighted by Crippen LogP contribution is 2.33. The number of aromatic nitrogens is 4. The third kappa shape index (κ3) is 8.23. The number of sulfonamides is 1. The van der Waals surface area contributed by atoms with E-state index >= 15 is 0 Å². The summed E-state index contributed by atoms with van der Waals surface area (Å²) in [4.78, 5) is 31.6. The van der Waals surface area contributed by atoms with Gasteiger partial charge in [-0.15, -0.1) is 0 Å². The molecule has 0 spiro atoms. The van der Waals surface area contributed by atoms with E-state index < -0.39 is 16.0 Å². The van der Waals surface area contributed by atoms with Crippen molar-refractivity contribution in [3.8, 4) is 17.1 Å². The van der Waals surface area contributed by atoms with Crippen LogP contribution in [0, 0.1) is 0 Å². The van der Waals surface area contributed by atoms with Crippen molar-refractivity contribution >= 4 is 27.0 Å². The average Bonchev–Trinajstić information content (AvgIpc) is 3.30. The van der Waals surface area contributed by atoms with Crippen LogP contribution in [-0.2, 0) is 44.8 Å². The maximum absolute atomic E-state index is 14.1. The molecule has 14 heteroatoms. The molecule has 2 aromatic heterocycles. The van der Waals surface area contributed by atoms with Crippen molar-refractivity contribution in [3.63, 3.8) is 0 Å². The molecule has 0 saturated heterocycles. The first-order valence-corrected chi connectivity index (χ1v) is 16.6. The predicted molar refractivity (Wildman–Crippen MR) is 168 cm³/mol. The molecule has 0 aliphatic carbocycles. The zero-order chi connectivity index (χ0) is 32.4. The molecule has 0 fully saturated rings. The number of fused-ring (bicyclic) bond motifs is 1. The Hall–Kier alpha value is -3.33. The second kappa shape index (κ2) is 16.1. The van der Waals surface area contributed by atoms with E-state index in [0.29, 0.717) is 47.6 Å². The van der Waals surface area contributed by atoms with E-state index in [-0.39, 0.29) is 49.2 Å². The van der Waals surface area contributed by atoms with Gasteiger partial charge >= 0.3 is 5.97 Å². The number of hydrogen-bond donors (Lipinski definition) is 0. The quantitative estimate of drug-likeness (QED) is 0.152. The SMILES string of the molecule is CCCc1nn(C)c2c(=O)n(C)c(-c3cc(S(=O)(=O)N(CCOCCOC(C)=O)CCN(CC)CC)ccc3OCC)nc12. The van der Waals surface area contributed by atoms with Crippen LogP contribution in [0.2, 0.25) is 0 Å². The first kappa shape index (κ1) is 35.2. The topological polar surface area (TPSA) is 138 Å². The molecule has 13 nitrogen and oxygen atoms in total. The van der Waals surface area contributed by atoms with Crippen molar-refractivity contribution in [1.82, 2.24) is 28.5 Å². The molecule has 244 valence electrons. The second-order valence-electron chi connectivity index (χ2n) is 10.3. The van der Waals surface area contributed by atoms with Crippen molar-refractivity contribution < 1.29 is 27.4 Å². The number of carbonyl (C=O) groups excluding carboxylic acids is 1. The summed E-state index contributed by atoms with van der Waals surface area (Å²) in [5.74, 6) is 0.300. The molecule has 0 saturated carbocycles. The Morgan fingerprint density at radius 2 is 1.73 bits per heavy atom. The second-order valence-corrected chi connectivity index (χ2v) is 12.2. The fourth-order valence-corrected chi connectivity index (χ4v) is 6.38. The molecule has 0 unspecified atom stereocenters. The van der Waals surface area contributed by atoms with E-state index in [9.17, 15) is 18.0 Å². The van der Waals surface area contributed by atoms with E-state index in [1.165, 1.54) is 27.9 Å². The molecule has 0 bridgehead atoms. The van der Waals surface area contributed by atoms with Gasteiger partial charge in [0.1, 0.15) is 23.7 Å². The Kier molecular flexibility index (Phi) is 12.9. The molecule has 0 amide bonds. The van der Waals surface area contributed by atoms with Gasteiger partial charge in [-0.3, -0.25) is 18.8 Å². The van der Waals surface area contributed by atoms with Crippen LogP contribution in [0.15, 0.2) is 27.9 Å². The van der Waals surface area contributed by atoms with Crippen LogP contribution < -0.4 is 10.3 Å². The summed E-state index contributed by atoms with van der Waals surface area (Å²) in [6, 6.07) is 4.64. The van der Waals surface area contributed by atoms with Crippen molar-refractivity contribution in [2.75, 3.05) is 59.2 Å². The van der Waals surface area contributed by atoms with Crippen molar-refractivity contribution in [3.05, 3.63) is 34.2 Å². The van der Waals surface area contributed by atoms with Crippen LogP contribution >= 0.6 is 0 Å². The Labute approximate surface area is 259 Å². The highest BCUT2D eigenvalue weighted by molar-refractivity contribution is 7.89. The van der Waals surface area contributed by atoms with E-state index in [1.807, 2.05) is 27.7 Å². The third-order valence-corrected chi connectivity index (χ3v) is 9.22. The van der Waals surface area contributed by atoms with Crippen molar-refractivity contribution in [1.29, 1.82) is 0 Å². The number of esters is 1. The highest BCUT2D eigenvalue weighted by atomic mass is 32.2. The van der Waals surface area contributed by atoms with Gasteiger partial charge in [0.2, 0.25) is 10.0 Å². The van der Waals surface area contributed by atoms with Gasteiger partial charge in [-0.25, -0.2) is 13.4 Å². The standard InChI is InChI=1S/C30H46N6O7S/c1-8-12-25-27-28(34(7)32-25)30(38)33(6)29(31-27)24-21-23(13-14-26(24)42-11-4)44(39,40)36(16-15-35(9-2)10-3)17-18-41-19-20-43-22(5)37/h13-14,21H,8-12,15-20H2,1-7H3. The average molecular weight is 635 g/mol. The van der Waals surface area contributed by atoms with E-state index in [0.717, 1.165) is 19.5 Å². The number of carbonyl (C=O) groups is 1. The maximum Gasteiger partial charge on any atom is 0.302 e. The van der Waals surface area contributed by atoms with E-state index in [1.54, 1.807) is 24.8 Å². The molecule has 0 aliphatic heterocycles. The summed E-state index contributed by atoms with van der Waals surface area (Å²) in [5, 5.41) is 4.53. The van der Waals surface area contributed by atoms with Crippen LogP contribution in [0.1, 0.15) is 46.7 Å². The van der Waals surface area contributed by atoms with Gasteiger partial charge in [0.05, 0.1) is 36.0 Å². The molecule has 3 aromatic rings. The first-order valence-electron chi connectivity index (χ1n) is 15.1. The lowest BCUT2D eigenvalue weighted by atomic mass is 10.1. The number of hydrogen-bond acceptors (Lipinski definition) is 10. The molecule has 0 N–H and O–H groups in total. The largest absolute Gasteiger partial charge is 0.493 e. The van der Waals surface area contributed by atoms with Gasteiger partial charge in [-0.05, 0) is 44.6 Å². The zero-order valence-corrected chi connectivity index (χ0v) is 27.8. The number of rotatable bonds is 18. The fourth-order valence-electron chi connectivity index (χ4n) is 4.94. The minimum atomic E-state index is -4.01. The minimum absolute atomic E-state index is 0.0460. The van der Waals surface area contributed by atoms with Crippen molar-refractivity contribution in [2.45, 2.75) is 52.4 Å². The van der Waals surface area contributed by atoms with Crippen LogP contribution in [0.25, 0.3) is 22.4 Å². The van der Waals surface area contributed by atoms with Crippen LogP contribution in [0.4, 0.5) is 0 Å². The molecule has 0 atom stereocenters. The smallest absolute Gasteiger partial charge is 0.302 e. The Morgan fingerprint density at radius 1 is 1.00 bits per heavy atom. The molecule has 2 heterocycles. The summed E-state index contributed by atoms with van der Waals surface area (Å²) in [6.07, 6.45) is 1.47. The third-order valence-electron chi connectivity index (χ3n) is 7.33. The lowest BCUT2D eigenvalue weighted by molar-refractivity contribution is -0.142. The summed E-state index contributed by atoms with van der Waals surface area (Å²) in [5.41, 5.74) is 1.70. The van der Waals surface area contributed by atoms with Crippen LogP contribution in [0.3, 0.4) is 0 Å². The molecule has 0 aliphatic rings. The lowest BCUT2D eigenvalue weighted by Crippen LogP contribution is -2.40. The van der Waals surface area contributed by atoms with Gasteiger partial charge in [0, 0.05) is 40.7 Å². The number of nitrogens with zero attached hydrogens (tertiary/aromatic N) is 6. The number of benzene rings is 1. The summed E-state index contributed by atoms with van der Waals surface area (Å²) in [6.45, 7) is 12.4.